The molecule has 0 bridgehead atoms. The molecule has 4 heteroatoms. The Balaban J connectivity index is 1.50. The summed E-state index contributed by atoms with van der Waals surface area (Å²) in [4.78, 5) is 11.8. The number of carbonyl (C=O) groups excluding carboxylic acids is 1. The van der Waals surface area contributed by atoms with Crippen molar-refractivity contribution in [2.75, 3.05) is 19.8 Å². The van der Waals surface area contributed by atoms with Gasteiger partial charge in [0.2, 0.25) is 0 Å². The highest BCUT2D eigenvalue weighted by molar-refractivity contribution is 5.87. The van der Waals surface area contributed by atoms with Crippen LogP contribution in [0, 0.1) is 0 Å². The Morgan fingerprint density at radius 3 is 1.84 bits per heavy atom. The standard InChI is InChI=1S/C21H24O4/c1-18(10-8-15-23-19-11-4-2-5-12-19)21(22)25-17-9-16-24-20-13-6-3-7-14-20/h2-7,11-14H,1,8-10,15-17H2. The summed E-state index contributed by atoms with van der Waals surface area (Å²) in [5, 5.41) is 0. The Labute approximate surface area is 149 Å². The summed E-state index contributed by atoms with van der Waals surface area (Å²) in [6.07, 6.45) is 1.93. The molecule has 0 saturated heterocycles. The van der Waals surface area contributed by atoms with E-state index in [-0.39, 0.29) is 5.97 Å². The van der Waals surface area contributed by atoms with Gasteiger partial charge in [0, 0.05) is 12.0 Å². The van der Waals surface area contributed by atoms with Crippen LogP contribution in [0.25, 0.3) is 0 Å². The average molecular weight is 340 g/mol. The van der Waals surface area contributed by atoms with Gasteiger partial charge in [-0.25, -0.2) is 4.79 Å². The number of para-hydroxylation sites is 2. The van der Waals surface area contributed by atoms with Crippen LogP contribution in [0.4, 0.5) is 0 Å². The zero-order valence-electron chi connectivity index (χ0n) is 14.4. The second-order valence-electron chi connectivity index (χ2n) is 5.52. The number of hydrogen-bond acceptors (Lipinski definition) is 4. The van der Waals surface area contributed by atoms with Gasteiger partial charge in [-0.1, -0.05) is 43.0 Å². The Kier molecular flexibility index (Phi) is 8.12. The molecule has 0 saturated carbocycles. The number of esters is 1. The van der Waals surface area contributed by atoms with E-state index in [9.17, 15) is 4.79 Å². The van der Waals surface area contributed by atoms with Crippen molar-refractivity contribution in [3.63, 3.8) is 0 Å². The lowest BCUT2D eigenvalue weighted by Gasteiger charge is -2.09. The first kappa shape index (κ1) is 18.6. The SMILES string of the molecule is C=C(CCCOc1ccccc1)C(=O)OCCCOc1ccccc1. The molecule has 0 aliphatic rings. The van der Waals surface area contributed by atoms with Gasteiger partial charge in [0.15, 0.2) is 0 Å². The summed E-state index contributed by atoms with van der Waals surface area (Å²) >= 11 is 0. The van der Waals surface area contributed by atoms with Crippen LogP contribution in [0.3, 0.4) is 0 Å². The third-order valence-electron chi connectivity index (χ3n) is 3.46. The molecule has 0 spiro atoms. The molecular weight excluding hydrogens is 316 g/mol. The number of rotatable bonds is 11. The molecule has 0 atom stereocenters. The topological polar surface area (TPSA) is 44.8 Å². The molecular formula is C21H24O4. The Morgan fingerprint density at radius 1 is 0.760 bits per heavy atom. The van der Waals surface area contributed by atoms with Crippen LogP contribution in [0.1, 0.15) is 19.3 Å². The fourth-order valence-electron chi connectivity index (χ4n) is 2.13. The fourth-order valence-corrected chi connectivity index (χ4v) is 2.13. The van der Waals surface area contributed by atoms with Gasteiger partial charge >= 0.3 is 5.97 Å². The maximum absolute atomic E-state index is 11.8. The third kappa shape index (κ3) is 7.57. The molecule has 132 valence electrons. The van der Waals surface area contributed by atoms with Gasteiger partial charge in [-0.05, 0) is 37.1 Å². The van der Waals surface area contributed by atoms with Crippen molar-refractivity contribution in [1.82, 2.24) is 0 Å². The van der Waals surface area contributed by atoms with Crippen molar-refractivity contribution < 1.29 is 19.0 Å². The van der Waals surface area contributed by atoms with Gasteiger partial charge in [-0.2, -0.15) is 0 Å². The molecule has 0 heterocycles. The predicted molar refractivity (Wildman–Crippen MR) is 97.8 cm³/mol. The molecule has 0 aliphatic heterocycles. The third-order valence-corrected chi connectivity index (χ3v) is 3.46. The van der Waals surface area contributed by atoms with Gasteiger partial charge < -0.3 is 14.2 Å². The van der Waals surface area contributed by atoms with E-state index in [4.69, 9.17) is 14.2 Å². The lowest BCUT2D eigenvalue weighted by atomic mass is 10.2. The van der Waals surface area contributed by atoms with Crippen LogP contribution in [-0.4, -0.2) is 25.8 Å². The minimum absolute atomic E-state index is 0.325. The molecule has 0 amide bonds. The van der Waals surface area contributed by atoms with E-state index in [0.717, 1.165) is 17.9 Å². The van der Waals surface area contributed by atoms with Crippen molar-refractivity contribution in [2.45, 2.75) is 19.3 Å². The predicted octanol–water partition coefficient (Wildman–Crippen LogP) is 4.41. The number of carbonyl (C=O) groups is 1. The summed E-state index contributed by atoms with van der Waals surface area (Å²) < 4.78 is 16.3. The molecule has 2 aromatic rings. The monoisotopic (exact) mass is 340 g/mol. The lowest BCUT2D eigenvalue weighted by molar-refractivity contribution is -0.139. The molecule has 0 N–H and O–H groups in total. The largest absolute Gasteiger partial charge is 0.494 e. The van der Waals surface area contributed by atoms with E-state index < -0.39 is 0 Å². The van der Waals surface area contributed by atoms with Crippen molar-refractivity contribution in [2.24, 2.45) is 0 Å². The van der Waals surface area contributed by atoms with Crippen LogP contribution >= 0.6 is 0 Å². The summed E-state index contributed by atoms with van der Waals surface area (Å²) in [6.45, 7) is 5.16. The highest BCUT2D eigenvalue weighted by Crippen LogP contribution is 2.11. The van der Waals surface area contributed by atoms with E-state index in [1.165, 1.54) is 0 Å². The highest BCUT2D eigenvalue weighted by Gasteiger charge is 2.08. The van der Waals surface area contributed by atoms with Crippen molar-refractivity contribution in [3.05, 3.63) is 72.8 Å². The normalized spacial score (nSPS) is 10.1. The van der Waals surface area contributed by atoms with Crippen molar-refractivity contribution >= 4 is 5.97 Å². The first-order chi connectivity index (χ1) is 12.3. The van der Waals surface area contributed by atoms with Gasteiger partial charge in [-0.3, -0.25) is 0 Å². The number of benzene rings is 2. The van der Waals surface area contributed by atoms with Gasteiger partial charge in [0.1, 0.15) is 11.5 Å². The van der Waals surface area contributed by atoms with Crippen molar-refractivity contribution in [1.29, 1.82) is 0 Å². The first-order valence-electron chi connectivity index (χ1n) is 8.46. The smallest absolute Gasteiger partial charge is 0.333 e. The molecule has 0 fully saturated rings. The zero-order chi connectivity index (χ0) is 17.7. The van der Waals surface area contributed by atoms with Gasteiger partial charge in [0.25, 0.3) is 0 Å². The Morgan fingerprint density at radius 2 is 1.28 bits per heavy atom. The van der Waals surface area contributed by atoms with Crippen LogP contribution < -0.4 is 9.47 Å². The van der Waals surface area contributed by atoms with Crippen LogP contribution in [-0.2, 0) is 9.53 Å². The van der Waals surface area contributed by atoms with Crippen LogP contribution in [0.15, 0.2) is 72.8 Å². The van der Waals surface area contributed by atoms with E-state index in [2.05, 4.69) is 6.58 Å². The molecule has 2 aromatic carbocycles. The fraction of sp³-hybridized carbons (Fsp3) is 0.286. The maximum atomic E-state index is 11.8. The first-order valence-corrected chi connectivity index (χ1v) is 8.46. The van der Waals surface area contributed by atoms with Gasteiger partial charge in [0.05, 0.1) is 19.8 Å². The molecule has 0 aromatic heterocycles. The van der Waals surface area contributed by atoms with Crippen LogP contribution in [0.5, 0.6) is 11.5 Å². The quantitative estimate of drug-likeness (QED) is 0.345. The lowest BCUT2D eigenvalue weighted by Crippen LogP contribution is -2.11. The minimum Gasteiger partial charge on any atom is -0.494 e. The molecule has 2 rings (SSSR count). The van der Waals surface area contributed by atoms with E-state index in [1.807, 2.05) is 60.7 Å². The summed E-state index contributed by atoms with van der Waals surface area (Å²) in [5.74, 6) is 1.30. The second-order valence-corrected chi connectivity index (χ2v) is 5.52. The molecule has 0 aliphatic carbocycles. The van der Waals surface area contributed by atoms with E-state index in [1.54, 1.807) is 0 Å². The molecule has 4 nitrogen and oxygen atoms in total. The summed E-state index contributed by atoms with van der Waals surface area (Å²) in [5.41, 5.74) is 0.473. The van der Waals surface area contributed by atoms with E-state index >= 15 is 0 Å². The second kappa shape index (κ2) is 10.9. The molecule has 25 heavy (non-hydrogen) atoms. The summed E-state index contributed by atoms with van der Waals surface area (Å²) in [6, 6.07) is 19.2. The van der Waals surface area contributed by atoms with Crippen LogP contribution in [0.2, 0.25) is 0 Å². The van der Waals surface area contributed by atoms with Gasteiger partial charge in [-0.15, -0.1) is 0 Å². The maximum Gasteiger partial charge on any atom is 0.333 e. The average Bonchev–Trinajstić information content (AvgIpc) is 2.66. The Bertz CT molecular complexity index is 637. The minimum atomic E-state index is -0.348. The molecule has 0 unspecified atom stereocenters. The number of hydrogen-bond donors (Lipinski definition) is 0. The summed E-state index contributed by atoms with van der Waals surface area (Å²) in [7, 11) is 0. The molecule has 0 radical (unpaired) electrons. The zero-order valence-corrected chi connectivity index (χ0v) is 14.4. The highest BCUT2D eigenvalue weighted by atomic mass is 16.5. The van der Waals surface area contributed by atoms with Crippen molar-refractivity contribution in [3.8, 4) is 11.5 Å². The van der Waals surface area contributed by atoms with E-state index in [0.29, 0.717) is 38.2 Å². The number of ether oxygens (including phenoxy) is 3. The Hall–Kier alpha value is -2.75.